The number of halogens is 1. The van der Waals surface area contributed by atoms with E-state index in [9.17, 15) is 0 Å². The van der Waals surface area contributed by atoms with Crippen LogP contribution in [0, 0.1) is 0 Å². The molecule has 0 radical (unpaired) electrons. The van der Waals surface area contributed by atoms with Crippen molar-refractivity contribution in [2.75, 3.05) is 19.6 Å². The molecule has 2 heterocycles. The van der Waals surface area contributed by atoms with Gasteiger partial charge in [0.2, 0.25) is 0 Å². The van der Waals surface area contributed by atoms with Crippen LogP contribution in [0.2, 0.25) is 0 Å². The second-order valence-electron chi connectivity index (χ2n) is 7.39. The third-order valence-electron chi connectivity index (χ3n) is 3.77. The summed E-state index contributed by atoms with van der Waals surface area (Å²) in [5, 5.41) is 0. The summed E-state index contributed by atoms with van der Waals surface area (Å²) in [5.74, 6) is 0. The van der Waals surface area contributed by atoms with Crippen molar-refractivity contribution in [2.45, 2.75) is 58.7 Å². The van der Waals surface area contributed by atoms with Gasteiger partial charge in [-0.2, -0.15) is 0 Å². The zero-order valence-electron chi connectivity index (χ0n) is 14.5. The van der Waals surface area contributed by atoms with Crippen molar-refractivity contribution in [1.82, 2.24) is 4.90 Å². The monoisotopic (exact) mass is 343 g/mol. The van der Waals surface area contributed by atoms with Crippen LogP contribution < -0.4 is 0 Å². The molecule has 0 amide bonds. The Hall–Kier alpha value is -0.350. The molecular formula is C18H30ClNOS. The summed E-state index contributed by atoms with van der Waals surface area (Å²) in [6, 6.07) is 4.53. The Balaban J connectivity index is 0.00000242. The number of morpholine rings is 1. The molecule has 2 atom stereocenters. The van der Waals surface area contributed by atoms with Crippen molar-refractivity contribution in [3.8, 4) is 0 Å². The van der Waals surface area contributed by atoms with Gasteiger partial charge in [-0.25, -0.2) is 0 Å². The molecule has 126 valence electrons. The lowest BCUT2D eigenvalue weighted by Crippen LogP contribution is -2.46. The van der Waals surface area contributed by atoms with E-state index in [1.807, 2.05) is 11.3 Å². The lowest BCUT2D eigenvalue weighted by atomic mass is 9.95. The number of ether oxygens (including phenoxy) is 1. The van der Waals surface area contributed by atoms with E-state index in [1.165, 1.54) is 15.3 Å². The molecule has 2 nitrogen and oxygen atoms in total. The molecular weight excluding hydrogens is 314 g/mol. The summed E-state index contributed by atoms with van der Waals surface area (Å²) in [4.78, 5) is 5.36. The normalized spacial score (nSPS) is 23.1. The average molecular weight is 344 g/mol. The van der Waals surface area contributed by atoms with Gasteiger partial charge in [0, 0.05) is 35.8 Å². The van der Waals surface area contributed by atoms with E-state index in [-0.39, 0.29) is 17.8 Å². The first kappa shape index (κ1) is 19.7. The topological polar surface area (TPSA) is 12.5 Å². The van der Waals surface area contributed by atoms with Crippen molar-refractivity contribution < 1.29 is 4.74 Å². The van der Waals surface area contributed by atoms with Crippen LogP contribution in [0.3, 0.4) is 0 Å². The van der Waals surface area contributed by atoms with Gasteiger partial charge in [0.1, 0.15) is 0 Å². The minimum atomic E-state index is 0. The van der Waals surface area contributed by atoms with Crippen molar-refractivity contribution >= 4 is 23.7 Å². The second-order valence-corrected chi connectivity index (χ2v) is 8.56. The SMILES string of the molecule is C=C(Cc1ccc(C(C)(C)C)s1)CN1CC(C)OC(C)C1.Cl. The molecule has 0 aromatic carbocycles. The first-order valence-electron chi connectivity index (χ1n) is 7.87. The molecule has 0 spiro atoms. The maximum Gasteiger partial charge on any atom is 0.0678 e. The van der Waals surface area contributed by atoms with E-state index >= 15 is 0 Å². The molecule has 0 aliphatic carbocycles. The third-order valence-corrected chi connectivity index (χ3v) is 5.28. The van der Waals surface area contributed by atoms with Gasteiger partial charge >= 0.3 is 0 Å². The van der Waals surface area contributed by atoms with E-state index in [0.717, 1.165) is 26.1 Å². The minimum absolute atomic E-state index is 0. The Labute approximate surface area is 146 Å². The van der Waals surface area contributed by atoms with Gasteiger partial charge in [-0.1, -0.05) is 32.9 Å². The fraction of sp³-hybridized carbons (Fsp3) is 0.667. The van der Waals surface area contributed by atoms with Crippen LogP contribution in [0.25, 0.3) is 0 Å². The smallest absolute Gasteiger partial charge is 0.0678 e. The minimum Gasteiger partial charge on any atom is -0.373 e. The summed E-state index contributed by atoms with van der Waals surface area (Å²) in [7, 11) is 0. The summed E-state index contributed by atoms with van der Waals surface area (Å²) in [6.07, 6.45) is 1.66. The molecule has 0 bridgehead atoms. The lowest BCUT2D eigenvalue weighted by Gasteiger charge is -2.35. The van der Waals surface area contributed by atoms with E-state index in [0.29, 0.717) is 12.2 Å². The Bertz CT molecular complexity index is 482. The molecule has 1 aliphatic heterocycles. The van der Waals surface area contributed by atoms with E-state index < -0.39 is 0 Å². The standard InChI is InChI=1S/C18H29NOS.ClH/c1-13(10-19-11-14(2)20-15(3)12-19)9-16-7-8-17(21-16)18(4,5)6;/h7-8,14-15H,1,9-12H2,2-6H3;1H. The van der Waals surface area contributed by atoms with Gasteiger partial charge in [-0.15, -0.1) is 23.7 Å². The zero-order valence-corrected chi connectivity index (χ0v) is 16.1. The largest absolute Gasteiger partial charge is 0.373 e. The Morgan fingerprint density at radius 3 is 2.36 bits per heavy atom. The summed E-state index contributed by atoms with van der Waals surface area (Å²) in [5.41, 5.74) is 1.55. The highest BCUT2D eigenvalue weighted by Crippen LogP contribution is 2.30. The molecule has 1 fully saturated rings. The molecule has 1 saturated heterocycles. The summed E-state index contributed by atoms with van der Waals surface area (Å²) < 4.78 is 5.79. The Morgan fingerprint density at radius 1 is 1.27 bits per heavy atom. The van der Waals surface area contributed by atoms with Gasteiger partial charge in [0.05, 0.1) is 12.2 Å². The molecule has 1 aliphatic rings. The predicted molar refractivity (Wildman–Crippen MR) is 99.6 cm³/mol. The molecule has 2 unspecified atom stereocenters. The molecule has 22 heavy (non-hydrogen) atoms. The predicted octanol–water partition coefficient (Wildman–Crippen LogP) is 4.68. The van der Waals surface area contributed by atoms with Crippen LogP contribution >= 0.6 is 23.7 Å². The van der Waals surface area contributed by atoms with E-state index in [1.54, 1.807) is 0 Å². The molecule has 1 aromatic rings. The number of rotatable bonds is 4. The molecule has 4 heteroatoms. The van der Waals surface area contributed by atoms with Crippen molar-refractivity contribution in [1.29, 1.82) is 0 Å². The average Bonchev–Trinajstić information content (AvgIpc) is 2.75. The van der Waals surface area contributed by atoms with Crippen molar-refractivity contribution in [3.63, 3.8) is 0 Å². The highest BCUT2D eigenvalue weighted by Gasteiger charge is 2.22. The maximum absolute atomic E-state index is 5.79. The lowest BCUT2D eigenvalue weighted by molar-refractivity contribution is -0.0653. The number of hydrogen-bond donors (Lipinski definition) is 0. The van der Waals surface area contributed by atoms with Gasteiger partial charge in [0.15, 0.2) is 0 Å². The zero-order chi connectivity index (χ0) is 15.6. The highest BCUT2D eigenvalue weighted by atomic mass is 35.5. The first-order chi connectivity index (χ1) is 9.74. The van der Waals surface area contributed by atoms with Crippen LogP contribution in [0.4, 0.5) is 0 Å². The van der Waals surface area contributed by atoms with E-state index in [4.69, 9.17) is 4.74 Å². The Kier molecular flexibility index (Phi) is 7.13. The molecule has 1 aromatic heterocycles. The van der Waals surface area contributed by atoms with Crippen molar-refractivity contribution in [3.05, 3.63) is 34.0 Å². The van der Waals surface area contributed by atoms with Crippen LogP contribution in [-0.4, -0.2) is 36.7 Å². The molecule has 2 rings (SSSR count). The summed E-state index contributed by atoms with van der Waals surface area (Å²) in [6.45, 7) is 18.4. The second kappa shape index (κ2) is 7.96. The van der Waals surface area contributed by atoms with Crippen LogP contribution in [-0.2, 0) is 16.6 Å². The fourth-order valence-electron chi connectivity index (χ4n) is 2.91. The number of hydrogen-bond acceptors (Lipinski definition) is 3. The van der Waals surface area contributed by atoms with Gasteiger partial charge in [0.25, 0.3) is 0 Å². The number of thiophene rings is 1. The fourth-order valence-corrected chi connectivity index (χ4v) is 4.05. The van der Waals surface area contributed by atoms with Gasteiger partial charge in [-0.3, -0.25) is 4.90 Å². The quantitative estimate of drug-likeness (QED) is 0.736. The first-order valence-corrected chi connectivity index (χ1v) is 8.69. The highest BCUT2D eigenvalue weighted by molar-refractivity contribution is 7.12. The van der Waals surface area contributed by atoms with Crippen molar-refractivity contribution in [2.24, 2.45) is 0 Å². The van der Waals surface area contributed by atoms with Gasteiger partial charge < -0.3 is 4.74 Å². The van der Waals surface area contributed by atoms with Crippen LogP contribution in [0.1, 0.15) is 44.4 Å². The maximum atomic E-state index is 5.79. The number of nitrogens with zero attached hydrogens (tertiary/aromatic N) is 1. The Morgan fingerprint density at radius 2 is 1.86 bits per heavy atom. The van der Waals surface area contributed by atoms with Crippen LogP contribution in [0.15, 0.2) is 24.3 Å². The van der Waals surface area contributed by atoms with E-state index in [2.05, 4.69) is 58.2 Å². The molecule has 0 N–H and O–H groups in total. The third kappa shape index (κ3) is 5.69. The van der Waals surface area contributed by atoms with Crippen LogP contribution in [0.5, 0.6) is 0 Å². The van der Waals surface area contributed by atoms with Gasteiger partial charge in [-0.05, 0) is 31.4 Å². The summed E-state index contributed by atoms with van der Waals surface area (Å²) >= 11 is 1.93. The molecule has 0 saturated carbocycles.